The van der Waals surface area contributed by atoms with Crippen LogP contribution in [-0.4, -0.2) is 17.3 Å². The first kappa shape index (κ1) is 12.0. The van der Waals surface area contributed by atoms with Crippen molar-refractivity contribution in [1.82, 2.24) is 0 Å². The van der Waals surface area contributed by atoms with Gasteiger partial charge in [-0.05, 0) is 24.6 Å². The molecule has 2 N–H and O–H groups in total. The molecule has 1 aromatic rings. The van der Waals surface area contributed by atoms with E-state index < -0.39 is 0 Å². The maximum Gasteiger partial charge on any atom is 0.208 e. The second kappa shape index (κ2) is 4.54. The summed E-state index contributed by atoms with van der Waals surface area (Å²) in [5.74, 6) is 0. The van der Waals surface area contributed by atoms with E-state index in [2.05, 4.69) is 55.0 Å². The summed E-state index contributed by atoms with van der Waals surface area (Å²) in [4.78, 5) is 0. The zero-order valence-electron chi connectivity index (χ0n) is 11.5. The van der Waals surface area contributed by atoms with Gasteiger partial charge in [0.05, 0.1) is 6.42 Å². The van der Waals surface area contributed by atoms with Gasteiger partial charge in [-0.15, -0.1) is 0 Å². The molecule has 0 amide bonds. The summed E-state index contributed by atoms with van der Waals surface area (Å²) < 4.78 is 2.28. The Labute approximate surface area is 114 Å². The standard InChI is InChI=1S/C17H18N2/c1-12-3-8-17-14(9-12)11-16(19(17)2)7-5-13-4-6-15(18)10-13/h3-9,18H,10-11H2,1-2H3/p+1. The summed E-state index contributed by atoms with van der Waals surface area (Å²) in [6.45, 7) is 2.14. The van der Waals surface area contributed by atoms with Crippen LogP contribution in [0.5, 0.6) is 0 Å². The van der Waals surface area contributed by atoms with E-state index in [1.165, 1.54) is 28.1 Å². The van der Waals surface area contributed by atoms with Gasteiger partial charge in [0, 0.05) is 29.8 Å². The molecule has 0 saturated heterocycles. The summed E-state index contributed by atoms with van der Waals surface area (Å²) in [7, 11) is 2.14. The lowest BCUT2D eigenvalue weighted by Gasteiger charge is -1.95. The van der Waals surface area contributed by atoms with Crippen molar-refractivity contribution in [3.63, 3.8) is 0 Å². The van der Waals surface area contributed by atoms with E-state index in [1.807, 2.05) is 6.08 Å². The summed E-state index contributed by atoms with van der Waals surface area (Å²) in [5.41, 5.74) is 13.4. The predicted octanol–water partition coefficient (Wildman–Crippen LogP) is 2.99. The molecule has 0 aromatic heterocycles. The zero-order chi connectivity index (χ0) is 13.4. The van der Waals surface area contributed by atoms with Gasteiger partial charge in [0.15, 0.2) is 5.71 Å². The number of fused-ring (bicyclic) bond motifs is 1. The van der Waals surface area contributed by atoms with Crippen molar-refractivity contribution in [2.24, 2.45) is 5.73 Å². The molecular formula is C17H19N2+. The van der Waals surface area contributed by atoms with Crippen LogP contribution in [0.2, 0.25) is 0 Å². The second-order valence-corrected chi connectivity index (χ2v) is 5.35. The van der Waals surface area contributed by atoms with E-state index in [0.717, 1.165) is 18.5 Å². The Morgan fingerprint density at radius 1 is 1.16 bits per heavy atom. The number of benzene rings is 1. The van der Waals surface area contributed by atoms with Crippen molar-refractivity contribution in [3.05, 3.63) is 64.9 Å². The van der Waals surface area contributed by atoms with Gasteiger partial charge in [-0.3, -0.25) is 0 Å². The maximum atomic E-state index is 5.78. The number of aryl methyl sites for hydroxylation is 1. The smallest absolute Gasteiger partial charge is 0.208 e. The highest BCUT2D eigenvalue weighted by molar-refractivity contribution is 5.96. The van der Waals surface area contributed by atoms with Crippen molar-refractivity contribution in [3.8, 4) is 0 Å². The van der Waals surface area contributed by atoms with Crippen molar-refractivity contribution in [2.75, 3.05) is 7.05 Å². The number of allylic oxidation sites excluding steroid dienone is 5. The first-order valence-electron chi connectivity index (χ1n) is 6.66. The molecule has 0 bridgehead atoms. The van der Waals surface area contributed by atoms with E-state index in [0.29, 0.717) is 0 Å². The molecule has 0 radical (unpaired) electrons. The van der Waals surface area contributed by atoms with Crippen molar-refractivity contribution in [2.45, 2.75) is 19.8 Å². The fourth-order valence-corrected chi connectivity index (χ4v) is 2.71. The largest absolute Gasteiger partial charge is 0.402 e. The van der Waals surface area contributed by atoms with Crippen LogP contribution < -0.4 is 5.73 Å². The molecule has 0 fully saturated rings. The topological polar surface area (TPSA) is 29.0 Å². The minimum atomic E-state index is 0.875. The molecular weight excluding hydrogens is 232 g/mol. The van der Waals surface area contributed by atoms with Gasteiger partial charge in [-0.2, -0.15) is 4.58 Å². The van der Waals surface area contributed by atoms with Gasteiger partial charge in [0.1, 0.15) is 7.05 Å². The van der Waals surface area contributed by atoms with Crippen LogP contribution in [0.25, 0.3) is 0 Å². The molecule has 0 unspecified atom stereocenters. The van der Waals surface area contributed by atoms with Gasteiger partial charge >= 0.3 is 0 Å². The number of hydrogen-bond acceptors (Lipinski definition) is 1. The number of nitrogens with zero attached hydrogens (tertiary/aromatic N) is 1. The number of hydrogen-bond donors (Lipinski definition) is 1. The van der Waals surface area contributed by atoms with E-state index in [1.54, 1.807) is 0 Å². The normalized spacial score (nSPS) is 18.0. The molecule has 0 spiro atoms. The highest BCUT2D eigenvalue weighted by atomic mass is 15.0. The zero-order valence-corrected chi connectivity index (χ0v) is 11.5. The van der Waals surface area contributed by atoms with Gasteiger partial charge < -0.3 is 5.73 Å². The van der Waals surface area contributed by atoms with Crippen LogP contribution in [0.3, 0.4) is 0 Å². The van der Waals surface area contributed by atoms with Crippen LogP contribution in [0, 0.1) is 6.92 Å². The molecule has 0 saturated carbocycles. The third-order valence-corrected chi connectivity index (χ3v) is 3.81. The average Bonchev–Trinajstić information content (AvgIpc) is 2.91. The third-order valence-electron chi connectivity index (χ3n) is 3.81. The Morgan fingerprint density at radius 3 is 2.74 bits per heavy atom. The quantitative estimate of drug-likeness (QED) is 0.804. The van der Waals surface area contributed by atoms with Crippen molar-refractivity contribution < 1.29 is 4.58 Å². The number of rotatable bonds is 2. The second-order valence-electron chi connectivity index (χ2n) is 5.35. The molecule has 1 aliphatic heterocycles. The van der Waals surface area contributed by atoms with E-state index in [4.69, 9.17) is 5.73 Å². The summed E-state index contributed by atoms with van der Waals surface area (Å²) in [6, 6.07) is 6.66. The number of nitrogens with two attached hydrogens (primary N) is 1. The highest BCUT2D eigenvalue weighted by Crippen LogP contribution is 2.27. The van der Waals surface area contributed by atoms with Gasteiger partial charge in [-0.25, -0.2) is 0 Å². The van der Waals surface area contributed by atoms with Crippen LogP contribution in [0.15, 0.2) is 53.8 Å². The first-order valence-corrected chi connectivity index (χ1v) is 6.66. The Morgan fingerprint density at radius 2 is 2.00 bits per heavy atom. The molecule has 1 heterocycles. The minimum Gasteiger partial charge on any atom is -0.402 e. The molecule has 19 heavy (non-hydrogen) atoms. The van der Waals surface area contributed by atoms with Gasteiger partial charge in [0.25, 0.3) is 0 Å². The molecule has 2 aliphatic rings. The first-order chi connectivity index (χ1) is 9.13. The predicted molar refractivity (Wildman–Crippen MR) is 79.8 cm³/mol. The lowest BCUT2D eigenvalue weighted by molar-refractivity contribution is -0.400. The maximum absolute atomic E-state index is 5.78. The Hall–Kier alpha value is -2.09. The molecule has 96 valence electrons. The van der Waals surface area contributed by atoms with Crippen LogP contribution >= 0.6 is 0 Å². The molecule has 2 heteroatoms. The molecule has 1 aromatic carbocycles. The van der Waals surface area contributed by atoms with Gasteiger partial charge in [-0.1, -0.05) is 23.8 Å². The van der Waals surface area contributed by atoms with Crippen LogP contribution in [-0.2, 0) is 6.42 Å². The molecule has 1 aliphatic carbocycles. The van der Waals surface area contributed by atoms with E-state index in [-0.39, 0.29) is 0 Å². The molecule has 2 nitrogen and oxygen atoms in total. The van der Waals surface area contributed by atoms with Crippen LogP contribution in [0.4, 0.5) is 5.69 Å². The summed E-state index contributed by atoms with van der Waals surface area (Å²) in [6.07, 6.45) is 10.4. The minimum absolute atomic E-state index is 0.875. The van der Waals surface area contributed by atoms with E-state index in [9.17, 15) is 0 Å². The fraction of sp³-hybridized carbons (Fsp3) is 0.235. The Kier molecular flexibility index (Phi) is 2.86. The average molecular weight is 251 g/mol. The monoisotopic (exact) mass is 251 g/mol. The lowest BCUT2D eigenvalue weighted by Crippen LogP contribution is -2.05. The fourth-order valence-electron chi connectivity index (χ4n) is 2.71. The molecule has 0 atom stereocenters. The lowest BCUT2D eigenvalue weighted by atomic mass is 10.1. The molecule has 3 rings (SSSR count). The van der Waals surface area contributed by atoms with E-state index >= 15 is 0 Å². The van der Waals surface area contributed by atoms with Gasteiger partial charge in [0.2, 0.25) is 5.69 Å². The van der Waals surface area contributed by atoms with Crippen LogP contribution in [0.1, 0.15) is 17.5 Å². The summed E-state index contributed by atoms with van der Waals surface area (Å²) in [5, 5.41) is 0. The van der Waals surface area contributed by atoms with Crippen molar-refractivity contribution in [1.29, 1.82) is 0 Å². The SMILES string of the molecule is Cc1ccc2c(c1)CC(C=CC1=CC=C(N)C1)=[N+]2C. The Bertz CT molecular complexity index is 658. The summed E-state index contributed by atoms with van der Waals surface area (Å²) >= 11 is 0. The highest BCUT2D eigenvalue weighted by Gasteiger charge is 2.24. The Balaban J connectivity index is 1.81. The van der Waals surface area contributed by atoms with Crippen molar-refractivity contribution >= 4 is 11.4 Å². The third kappa shape index (κ3) is 2.26.